The number of hydrogen-bond donors (Lipinski definition) is 4. The van der Waals surface area contributed by atoms with Crippen molar-refractivity contribution in [2.75, 3.05) is 6.54 Å². The van der Waals surface area contributed by atoms with Gasteiger partial charge in [-0.2, -0.15) is 0 Å². The number of aliphatic hydroxyl groups is 2. The van der Waals surface area contributed by atoms with Crippen molar-refractivity contribution in [1.29, 1.82) is 0 Å². The number of phenols is 1. The third-order valence-corrected chi connectivity index (χ3v) is 2.70. The van der Waals surface area contributed by atoms with Crippen LogP contribution in [0.15, 0.2) is 18.2 Å². The molecule has 0 heterocycles. The Hall–Kier alpha value is -1.92. The van der Waals surface area contributed by atoms with Gasteiger partial charge in [-0.3, -0.25) is 9.59 Å². The first-order valence-corrected chi connectivity index (χ1v) is 5.84. The smallest absolute Gasteiger partial charge is 0.216 e. The van der Waals surface area contributed by atoms with Gasteiger partial charge in [0, 0.05) is 13.5 Å². The van der Waals surface area contributed by atoms with Gasteiger partial charge in [-0.1, -0.05) is 6.07 Å². The van der Waals surface area contributed by atoms with E-state index in [9.17, 15) is 24.9 Å². The Balaban J connectivity index is 2.65. The van der Waals surface area contributed by atoms with Gasteiger partial charge in [0.05, 0.1) is 11.7 Å². The molecular weight excluding hydrogens is 250 g/mol. The Bertz CT molecular complexity index is 460. The zero-order chi connectivity index (χ0) is 14.4. The lowest BCUT2D eigenvalue weighted by atomic mass is 10.0. The summed E-state index contributed by atoms with van der Waals surface area (Å²) >= 11 is 0. The molecule has 1 rings (SSSR count). The number of aromatic hydroxyl groups is 1. The minimum Gasteiger partial charge on any atom is -0.507 e. The van der Waals surface area contributed by atoms with Crippen LogP contribution in [0.1, 0.15) is 35.4 Å². The molecule has 0 bridgehead atoms. The second-order valence-electron chi connectivity index (χ2n) is 4.22. The SMILES string of the molecule is CC(=O)NCCC(O)C(O)c1ccc(C=O)c(O)c1. The average Bonchev–Trinajstić information content (AvgIpc) is 2.37. The molecule has 0 fully saturated rings. The van der Waals surface area contributed by atoms with Crippen molar-refractivity contribution in [2.24, 2.45) is 0 Å². The Morgan fingerprint density at radius 1 is 1.42 bits per heavy atom. The maximum atomic E-state index is 10.7. The van der Waals surface area contributed by atoms with Crippen LogP contribution >= 0.6 is 0 Å². The van der Waals surface area contributed by atoms with Gasteiger partial charge in [0.25, 0.3) is 0 Å². The van der Waals surface area contributed by atoms with Crippen LogP contribution in [0.5, 0.6) is 5.75 Å². The molecule has 0 aliphatic rings. The molecule has 0 saturated carbocycles. The molecule has 1 aromatic rings. The second kappa shape index (κ2) is 6.86. The monoisotopic (exact) mass is 267 g/mol. The Labute approximate surface area is 110 Å². The first kappa shape index (κ1) is 15.1. The summed E-state index contributed by atoms with van der Waals surface area (Å²) < 4.78 is 0. The fraction of sp³-hybridized carbons (Fsp3) is 0.385. The third-order valence-electron chi connectivity index (χ3n) is 2.70. The molecule has 0 radical (unpaired) electrons. The number of carbonyl (C=O) groups excluding carboxylic acids is 2. The predicted octanol–water partition coefficient (Wildman–Crippen LogP) is 0.125. The standard InChI is InChI=1S/C13H17NO5/c1-8(16)14-5-4-11(17)13(19)9-2-3-10(7-15)12(18)6-9/h2-3,6-7,11,13,17-19H,4-5H2,1H3,(H,14,16). The fourth-order valence-electron chi connectivity index (χ4n) is 1.62. The quantitative estimate of drug-likeness (QED) is 0.548. The van der Waals surface area contributed by atoms with Gasteiger partial charge in [0.2, 0.25) is 5.91 Å². The topological polar surface area (TPSA) is 107 Å². The van der Waals surface area contributed by atoms with E-state index in [0.29, 0.717) is 11.8 Å². The zero-order valence-electron chi connectivity index (χ0n) is 10.5. The largest absolute Gasteiger partial charge is 0.507 e. The number of carbonyl (C=O) groups is 2. The highest BCUT2D eigenvalue weighted by Crippen LogP contribution is 2.24. The summed E-state index contributed by atoms with van der Waals surface area (Å²) in [5, 5.41) is 31.6. The van der Waals surface area contributed by atoms with Crippen molar-refractivity contribution in [3.63, 3.8) is 0 Å². The van der Waals surface area contributed by atoms with E-state index in [2.05, 4.69) is 5.32 Å². The second-order valence-corrected chi connectivity index (χ2v) is 4.22. The molecular formula is C13H17NO5. The molecule has 19 heavy (non-hydrogen) atoms. The molecule has 1 amide bonds. The molecule has 2 atom stereocenters. The number of rotatable bonds is 6. The molecule has 0 aliphatic heterocycles. The van der Waals surface area contributed by atoms with Crippen molar-refractivity contribution in [1.82, 2.24) is 5.32 Å². The van der Waals surface area contributed by atoms with Gasteiger partial charge >= 0.3 is 0 Å². The summed E-state index contributed by atoms with van der Waals surface area (Å²) in [5.74, 6) is -0.463. The van der Waals surface area contributed by atoms with Crippen molar-refractivity contribution in [3.05, 3.63) is 29.3 Å². The number of phenolic OH excluding ortho intramolecular Hbond substituents is 1. The first-order chi connectivity index (χ1) is 8.95. The maximum absolute atomic E-state index is 10.7. The number of amides is 1. The van der Waals surface area contributed by atoms with E-state index in [-0.39, 0.29) is 30.2 Å². The summed E-state index contributed by atoms with van der Waals surface area (Å²) in [4.78, 5) is 21.2. The number of nitrogens with one attached hydrogen (secondary N) is 1. The van der Waals surface area contributed by atoms with E-state index in [0.717, 1.165) is 0 Å². The van der Waals surface area contributed by atoms with Gasteiger partial charge in [-0.05, 0) is 24.1 Å². The maximum Gasteiger partial charge on any atom is 0.216 e. The van der Waals surface area contributed by atoms with Gasteiger partial charge in [0.1, 0.15) is 11.9 Å². The highest BCUT2D eigenvalue weighted by Gasteiger charge is 2.19. The van der Waals surface area contributed by atoms with E-state index >= 15 is 0 Å². The van der Waals surface area contributed by atoms with Gasteiger partial charge in [0.15, 0.2) is 6.29 Å². The lowest BCUT2D eigenvalue weighted by molar-refractivity contribution is -0.119. The highest BCUT2D eigenvalue weighted by atomic mass is 16.3. The third kappa shape index (κ3) is 4.35. The van der Waals surface area contributed by atoms with Crippen LogP contribution in [0.25, 0.3) is 0 Å². The minimum absolute atomic E-state index is 0.115. The molecule has 6 heteroatoms. The van der Waals surface area contributed by atoms with E-state index in [1.807, 2.05) is 0 Å². The molecule has 104 valence electrons. The van der Waals surface area contributed by atoms with Gasteiger partial charge in [-0.15, -0.1) is 0 Å². The molecule has 6 nitrogen and oxygen atoms in total. The van der Waals surface area contributed by atoms with Crippen molar-refractivity contribution in [2.45, 2.75) is 25.6 Å². The molecule has 4 N–H and O–H groups in total. The average molecular weight is 267 g/mol. The Kier molecular flexibility index (Phi) is 5.47. The van der Waals surface area contributed by atoms with Crippen LogP contribution in [0.4, 0.5) is 0 Å². The number of aldehydes is 1. The normalized spacial score (nSPS) is 13.6. The van der Waals surface area contributed by atoms with Crippen molar-refractivity contribution in [3.8, 4) is 5.75 Å². The van der Waals surface area contributed by atoms with Gasteiger partial charge < -0.3 is 20.6 Å². The van der Waals surface area contributed by atoms with E-state index in [4.69, 9.17) is 0 Å². The van der Waals surface area contributed by atoms with Crippen LogP contribution in [-0.2, 0) is 4.79 Å². The van der Waals surface area contributed by atoms with Crippen LogP contribution in [0, 0.1) is 0 Å². The molecule has 0 aromatic heterocycles. The lowest BCUT2D eigenvalue weighted by Gasteiger charge is -2.18. The Morgan fingerprint density at radius 2 is 2.11 bits per heavy atom. The summed E-state index contributed by atoms with van der Waals surface area (Å²) in [6.45, 7) is 1.60. The van der Waals surface area contributed by atoms with Crippen LogP contribution in [-0.4, -0.2) is 40.2 Å². The number of hydrogen-bond acceptors (Lipinski definition) is 5. The number of benzene rings is 1. The molecule has 2 unspecified atom stereocenters. The molecule has 0 aliphatic carbocycles. The molecule has 1 aromatic carbocycles. The van der Waals surface area contributed by atoms with E-state index in [1.165, 1.54) is 25.1 Å². The first-order valence-electron chi connectivity index (χ1n) is 5.84. The summed E-state index contributed by atoms with van der Waals surface area (Å²) in [6.07, 6.45) is -1.59. The van der Waals surface area contributed by atoms with Crippen LogP contribution in [0.3, 0.4) is 0 Å². The molecule has 0 spiro atoms. The van der Waals surface area contributed by atoms with Gasteiger partial charge in [-0.25, -0.2) is 0 Å². The lowest BCUT2D eigenvalue weighted by Crippen LogP contribution is -2.27. The minimum atomic E-state index is -1.19. The van der Waals surface area contributed by atoms with Crippen molar-refractivity contribution >= 4 is 12.2 Å². The Morgan fingerprint density at radius 3 is 2.63 bits per heavy atom. The van der Waals surface area contributed by atoms with E-state index in [1.54, 1.807) is 0 Å². The zero-order valence-corrected chi connectivity index (χ0v) is 10.5. The predicted molar refractivity (Wildman–Crippen MR) is 67.8 cm³/mol. The van der Waals surface area contributed by atoms with E-state index < -0.39 is 12.2 Å². The summed E-state index contributed by atoms with van der Waals surface area (Å²) in [6, 6.07) is 4.05. The summed E-state index contributed by atoms with van der Waals surface area (Å²) in [5.41, 5.74) is 0.419. The van der Waals surface area contributed by atoms with Crippen LogP contribution < -0.4 is 5.32 Å². The van der Waals surface area contributed by atoms with Crippen LogP contribution in [0.2, 0.25) is 0 Å². The fourth-order valence-corrected chi connectivity index (χ4v) is 1.62. The number of aliphatic hydroxyl groups excluding tert-OH is 2. The summed E-state index contributed by atoms with van der Waals surface area (Å²) in [7, 11) is 0. The molecule has 0 saturated heterocycles. The van der Waals surface area contributed by atoms with Crippen molar-refractivity contribution < 1.29 is 24.9 Å². The highest BCUT2D eigenvalue weighted by molar-refractivity contribution is 5.79.